The van der Waals surface area contributed by atoms with Crippen LogP contribution in [0.1, 0.15) is 12.5 Å². The summed E-state index contributed by atoms with van der Waals surface area (Å²) in [4.78, 5) is 11.1. The second kappa shape index (κ2) is 6.24. The summed E-state index contributed by atoms with van der Waals surface area (Å²) in [5.41, 5.74) is 0.970. The SMILES string of the molecule is CCOC(=O)NC(=S)NCc1ccc2c(c1)OCO2. The van der Waals surface area contributed by atoms with Crippen molar-refractivity contribution in [1.29, 1.82) is 0 Å². The molecule has 1 amide bonds. The first-order valence-electron chi connectivity index (χ1n) is 5.79. The first-order chi connectivity index (χ1) is 9.19. The van der Waals surface area contributed by atoms with E-state index in [-0.39, 0.29) is 11.9 Å². The zero-order chi connectivity index (χ0) is 13.7. The van der Waals surface area contributed by atoms with Crippen molar-refractivity contribution in [2.24, 2.45) is 0 Å². The molecular weight excluding hydrogens is 268 g/mol. The largest absolute Gasteiger partial charge is 0.454 e. The number of nitrogens with one attached hydrogen (secondary N) is 2. The van der Waals surface area contributed by atoms with Gasteiger partial charge in [0.25, 0.3) is 0 Å². The van der Waals surface area contributed by atoms with Crippen LogP contribution in [0.25, 0.3) is 0 Å². The van der Waals surface area contributed by atoms with Crippen molar-refractivity contribution in [3.8, 4) is 11.5 Å². The number of hydrogen-bond acceptors (Lipinski definition) is 5. The molecule has 0 aliphatic carbocycles. The van der Waals surface area contributed by atoms with Gasteiger partial charge in [0.2, 0.25) is 6.79 Å². The Bertz CT molecular complexity index is 493. The summed E-state index contributed by atoms with van der Waals surface area (Å²) in [5.74, 6) is 1.44. The Morgan fingerprint density at radius 1 is 1.42 bits per heavy atom. The van der Waals surface area contributed by atoms with Gasteiger partial charge in [-0.3, -0.25) is 5.32 Å². The highest BCUT2D eigenvalue weighted by molar-refractivity contribution is 7.80. The monoisotopic (exact) mass is 282 g/mol. The summed E-state index contributed by atoms with van der Waals surface area (Å²) >= 11 is 4.96. The summed E-state index contributed by atoms with van der Waals surface area (Å²) in [6, 6.07) is 5.59. The molecule has 0 radical (unpaired) electrons. The second-order valence-corrected chi connectivity index (χ2v) is 4.12. The Morgan fingerprint density at radius 3 is 3.00 bits per heavy atom. The zero-order valence-electron chi connectivity index (χ0n) is 10.4. The van der Waals surface area contributed by atoms with Crippen LogP contribution in [0.4, 0.5) is 4.79 Å². The summed E-state index contributed by atoms with van der Waals surface area (Å²) < 4.78 is 15.2. The van der Waals surface area contributed by atoms with Gasteiger partial charge in [-0.15, -0.1) is 0 Å². The molecule has 2 N–H and O–H groups in total. The molecule has 0 atom stereocenters. The molecular formula is C12H14N2O4S. The fourth-order valence-corrected chi connectivity index (χ4v) is 1.69. The average Bonchev–Trinajstić information content (AvgIpc) is 2.83. The summed E-state index contributed by atoms with van der Waals surface area (Å²) in [5, 5.41) is 5.53. The summed E-state index contributed by atoms with van der Waals surface area (Å²) in [6.07, 6.45) is -0.564. The molecule has 0 spiro atoms. The van der Waals surface area contributed by atoms with Gasteiger partial charge in [-0.1, -0.05) is 6.07 Å². The topological polar surface area (TPSA) is 68.8 Å². The molecule has 1 aromatic rings. The van der Waals surface area contributed by atoms with Gasteiger partial charge in [-0.05, 0) is 36.8 Å². The van der Waals surface area contributed by atoms with Crippen LogP contribution in [-0.4, -0.2) is 24.6 Å². The van der Waals surface area contributed by atoms with Crippen LogP contribution in [0.5, 0.6) is 11.5 Å². The minimum Gasteiger partial charge on any atom is -0.454 e. The van der Waals surface area contributed by atoms with E-state index < -0.39 is 6.09 Å². The number of fused-ring (bicyclic) bond motifs is 1. The Morgan fingerprint density at radius 2 is 2.21 bits per heavy atom. The molecule has 19 heavy (non-hydrogen) atoms. The van der Waals surface area contributed by atoms with E-state index in [2.05, 4.69) is 10.6 Å². The standard InChI is InChI=1S/C12H14N2O4S/c1-2-16-12(15)14-11(19)13-6-8-3-4-9-10(5-8)18-7-17-9/h3-5H,2,6-7H2,1H3,(H2,13,14,15,19). The van der Waals surface area contributed by atoms with E-state index in [1.165, 1.54) is 0 Å². The van der Waals surface area contributed by atoms with Crippen LogP contribution in [0.15, 0.2) is 18.2 Å². The van der Waals surface area contributed by atoms with Crippen molar-refractivity contribution in [1.82, 2.24) is 10.6 Å². The fraction of sp³-hybridized carbons (Fsp3) is 0.333. The fourth-order valence-electron chi connectivity index (χ4n) is 1.54. The summed E-state index contributed by atoms with van der Waals surface area (Å²) in [7, 11) is 0. The predicted octanol–water partition coefficient (Wildman–Crippen LogP) is 1.54. The van der Waals surface area contributed by atoms with Crippen molar-refractivity contribution in [3.63, 3.8) is 0 Å². The van der Waals surface area contributed by atoms with Gasteiger partial charge in [-0.25, -0.2) is 4.79 Å². The number of thiocarbonyl (C=S) groups is 1. The lowest BCUT2D eigenvalue weighted by Gasteiger charge is -2.09. The number of ether oxygens (including phenoxy) is 3. The quantitative estimate of drug-likeness (QED) is 0.820. The molecule has 0 unspecified atom stereocenters. The van der Waals surface area contributed by atoms with E-state index in [4.69, 9.17) is 26.4 Å². The van der Waals surface area contributed by atoms with Crippen molar-refractivity contribution < 1.29 is 19.0 Å². The molecule has 0 fully saturated rings. The van der Waals surface area contributed by atoms with Gasteiger partial charge in [0.1, 0.15) is 0 Å². The van der Waals surface area contributed by atoms with Crippen LogP contribution < -0.4 is 20.1 Å². The van der Waals surface area contributed by atoms with Crippen LogP contribution in [0.2, 0.25) is 0 Å². The average molecular weight is 282 g/mol. The highest BCUT2D eigenvalue weighted by atomic mass is 32.1. The molecule has 1 aromatic carbocycles. The molecule has 0 saturated carbocycles. The number of amides is 1. The number of rotatable bonds is 3. The van der Waals surface area contributed by atoms with Crippen LogP contribution in [0.3, 0.4) is 0 Å². The minimum atomic E-state index is -0.564. The smallest absolute Gasteiger partial charge is 0.413 e. The van der Waals surface area contributed by atoms with E-state index in [1.807, 2.05) is 18.2 Å². The first-order valence-corrected chi connectivity index (χ1v) is 6.20. The van der Waals surface area contributed by atoms with Crippen LogP contribution >= 0.6 is 12.2 Å². The molecule has 1 aliphatic heterocycles. The van der Waals surface area contributed by atoms with E-state index in [0.29, 0.717) is 18.9 Å². The van der Waals surface area contributed by atoms with E-state index in [0.717, 1.165) is 11.3 Å². The number of carbonyl (C=O) groups is 1. The molecule has 1 heterocycles. The molecule has 0 bridgehead atoms. The summed E-state index contributed by atoms with van der Waals surface area (Å²) in [6.45, 7) is 2.75. The van der Waals surface area contributed by atoms with E-state index in [1.54, 1.807) is 6.92 Å². The maximum absolute atomic E-state index is 11.1. The van der Waals surface area contributed by atoms with Crippen LogP contribution in [-0.2, 0) is 11.3 Å². The third kappa shape index (κ3) is 3.72. The molecule has 0 aromatic heterocycles. The van der Waals surface area contributed by atoms with Gasteiger partial charge >= 0.3 is 6.09 Å². The maximum atomic E-state index is 11.1. The lowest BCUT2D eigenvalue weighted by atomic mass is 10.2. The Hall–Kier alpha value is -2.02. The lowest BCUT2D eigenvalue weighted by molar-refractivity contribution is 0.157. The number of carbonyl (C=O) groups excluding carboxylic acids is 1. The number of alkyl carbamates (subject to hydrolysis) is 1. The highest BCUT2D eigenvalue weighted by Gasteiger charge is 2.13. The highest BCUT2D eigenvalue weighted by Crippen LogP contribution is 2.32. The molecule has 0 saturated heterocycles. The first kappa shape index (κ1) is 13.4. The lowest BCUT2D eigenvalue weighted by Crippen LogP contribution is -2.39. The van der Waals surface area contributed by atoms with Crippen molar-refractivity contribution in [2.75, 3.05) is 13.4 Å². The molecule has 102 valence electrons. The van der Waals surface area contributed by atoms with Crippen molar-refractivity contribution in [3.05, 3.63) is 23.8 Å². The molecule has 2 rings (SSSR count). The van der Waals surface area contributed by atoms with Crippen molar-refractivity contribution in [2.45, 2.75) is 13.5 Å². The van der Waals surface area contributed by atoms with Crippen molar-refractivity contribution >= 4 is 23.4 Å². The van der Waals surface area contributed by atoms with Gasteiger partial charge in [0, 0.05) is 6.54 Å². The maximum Gasteiger partial charge on any atom is 0.413 e. The van der Waals surface area contributed by atoms with Crippen LogP contribution in [0, 0.1) is 0 Å². The Balaban J connectivity index is 1.82. The number of hydrogen-bond donors (Lipinski definition) is 2. The number of benzene rings is 1. The minimum absolute atomic E-state index is 0.219. The molecule has 1 aliphatic rings. The van der Waals surface area contributed by atoms with Gasteiger partial charge in [0.05, 0.1) is 6.61 Å². The van der Waals surface area contributed by atoms with Gasteiger partial charge in [-0.2, -0.15) is 0 Å². The zero-order valence-corrected chi connectivity index (χ0v) is 11.2. The Labute approximate surface area is 116 Å². The third-order valence-electron chi connectivity index (χ3n) is 2.38. The normalized spacial score (nSPS) is 11.8. The predicted molar refractivity (Wildman–Crippen MR) is 72.2 cm³/mol. The van der Waals surface area contributed by atoms with Gasteiger partial charge < -0.3 is 19.5 Å². The second-order valence-electron chi connectivity index (χ2n) is 3.72. The third-order valence-corrected chi connectivity index (χ3v) is 2.63. The molecule has 7 heteroatoms. The Kier molecular flexibility index (Phi) is 4.40. The van der Waals surface area contributed by atoms with E-state index in [9.17, 15) is 4.79 Å². The molecule has 6 nitrogen and oxygen atoms in total. The van der Waals surface area contributed by atoms with Gasteiger partial charge in [0.15, 0.2) is 16.6 Å². The van der Waals surface area contributed by atoms with E-state index >= 15 is 0 Å².